The fourth-order valence-electron chi connectivity index (χ4n) is 2.36. The van der Waals surface area contributed by atoms with Crippen LogP contribution in [0.5, 0.6) is 5.88 Å². The smallest absolute Gasteiger partial charge is 0.215 e. The third kappa shape index (κ3) is 2.52. The van der Waals surface area contributed by atoms with Crippen LogP contribution in [0.15, 0.2) is 18.2 Å². The summed E-state index contributed by atoms with van der Waals surface area (Å²) in [7, 11) is 0. The number of aliphatic hydroxyl groups is 1. The molecule has 0 amide bonds. The number of anilines is 1. The number of aliphatic hydroxyl groups excluding tert-OH is 1. The van der Waals surface area contributed by atoms with Gasteiger partial charge in [-0.05, 0) is 25.3 Å². The lowest BCUT2D eigenvalue weighted by molar-refractivity contribution is 0.244. The Hall–Kier alpha value is -1.29. The SMILES string of the molecule is CCOc1cccc(N2CCC(C)C2CO)n1. The maximum absolute atomic E-state index is 9.44. The molecule has 1 aliphatic rings. The summed E-state index contributed by atoms with van der Waals surface area (Å²) < 4.78 is 5.40. The molecule has 4 heteroatoms. The summed E-state index contributed by atoms with van der Waals surface area (Å²) in [6.07, 6.45) is 1.10. The summed E-state index contributed by atoms with van der Waals surface area (Å²) in [5.74, 6) is 2.07. The summed E-state index contributed by atoms with van der Waals surface area (Å²) >= 11 is 0. The molecule has 1 saturated heterocycles. The van der Waals surface area contributed by atoms with Crippen LogP contribution in [0, 0.1) is 5.92 Å². The Labute approximate surface area is 102 Å². The number of hydrogen-bond acceptors (Lipinski definition) is 4. The van der Waals surface area contributed by atoms with Crippen molar-refractivity contribution in [3.63, 3.8) is 0 Å². The Kier molecular flexibility index (Phi) is 3.84. The van der Waals surface area contributed by atoms with E-state index in [4.69, 9.17) is 4.74 Å². The van der Waals surface area contributed by atoms with Crippen molar-refractivity contribution in [2.24, 2.45) is 5.92 Å². The summed E-state index contributed by atoms with van der Waals surface area (Å²) in [6.45, 7) is 5.88. The van der Waals surface area contributed by atoms with Gasteiger partial charge >= 0.3 is 0 Å². The van der Waals surface area contributed by atoms with Crippen molar-refractivity contribution >= 4 is 5.82 Å². The molecule has 94 valence electrons. The van der Waals surface area contributed by atoms with Crippen LogP contribution in [-0.4, -0.2) is 35.9 Å². The maximum atomic E-state index is 9.44. The van der Waals surface area contributed by atoms with Gasteiger partial charge in [-0.25, -0.2) is 0 Å². The third-order valence-corrected chi connectivity index (χ3v) is 3.36. The Bertz CT molecular complexity index is 370. The van der Waals surface area contributed by atoms with Crippen LogP contribution in [-0.2, 0) is 0 Å². The second-order valence-electron chi connectivity index (χ2n) is 4.48. The first-order chi connectivity index (χ1) is 8.26. The van der Waals surface area contributed by atoms with Gasteiger partial charge in [0.15, 0.2) is 0 Å². The molecule has 1 fully saturated rings. The normalized spacial score (nSPS) is 24.1. The van der Waals surface area contributed by atoms with Crippen LogP contribution in [0.3, 0.4) is 0 Å². The van der Waals surface area contributed by atoms with E-state index in [-0.39, 0.29) is 12.6 Å². The van der Waals surface area contributed by atoms with E-state index in [0.29, 0.717) is 18.4 Å². The van der Waals surface area contributed by atoms with Gasteiger partial charge < -0.3 is 14.7 Å². The number of rotatable bonds is 4. The quantitative estimate of drug-likeness (QED) is 0.864. The zero-order valence-corrected chi connectivity index (χ0v) is 10.5. The van der Waals surface area contributed by atoms with E-state index in [1.165, 1.54) is 0 Å². The lowest BCUT2D eigenvalue weighted by Crippen LogP contribution is -2.35. The fraction of sp³-hybridized carbons (Fsp3) is 0.615. The largest absolute Gasteiger partial charge is 0.478 e. The predicted molar refractivity (Wildman–Crippen MR) is 67.4 cm³/mol. The second kappa shape index (κ2) is 5.36. The molecule has 0 aliphatic carbocycles. The summed E-state index contributed by atoms with van der Waals surface area (Å²) in [6, 6.07) is 5.97. The van der Waals surface area contributed by atoms with Gasteiger partial charge in [0.2, 0.25) is 5.88 Å². The molecule has 0 radical (unpaired) electrons. The highest BCUT2D eigenvalue weighted by atomic mass is 16.5. The van der Waals surface area contributed by atoms with Gasteiger partial charge in [-0.15, -0.1) is 0 Å². The van der Waals surface area contributed by atoms with Crippen molar-refractivity contribution in [2.75, 3.05) is 24.7 Å². The van der Waals surface area contributed by atoms with E-state index in [1.54, 1.807) is 0 Å². The zero-order chi connectivity index (χ0) is 12.3. The van der Waals surface area contributed by atoms with Gasteiger partial charge in [-0.1, -0.05) is 13.0 Å². The second-order valence-corrected chi connectivity index (χ2v) is 4.48. The van der Waals surface area contributed by atoms with Gasteiger partial charge in [0, 0.05) is 12.6 Å². The molecule has 2 unspecified atom stereocenters. The minimum atomic E-state index is 0.180. The summed E-state index contributed by atoms with van der Waals surface area (Å²) in [5, 5.41) is 9.44. The van der Waals surface area contributed by atoms with E-state index >= 15 is 0 Å². The van der Waals surface area contributed by atoms with Crippen molar-refractivity contribution in [1.29, 1.82) is 0 Å². The van der Waals surface area contributed by atoms with Crippen LogP contribution >= 0.6 is 0 Å². The fourth-order valence-corrected chi connectivity index (χ4v) is 2.36. The molecule has 2 atom stereocenters. The Morgan fingerprint density at radius 2 is 2.35 bits per heavy atom. The molecule has 0 aromatic carbocycles. The van der Waals surface area contributed by atoms with Crippen LogP contribution < -0.4 is 9.64 Å². The van der Waals surface area contributed by atoms with E-state index in [2.05, 4.69) is 16.8 Å². The molecular formula is C13H20N2O2. The lowest BCUT2D eigenvalue weighted by atomic mass is 10.0. The van der Waals surface area contributed by atoms with E-state index in [0.717, 1.165) is 18.8 Å². The van der Waals surface area contributed by atoms with Crippen molar-refractivity contribution in [3.8, 4) is 5.88 Å². The number of pyridine rings is 1. The zero-order valence-electron chi connectivity index (χ0n) is 10.5. The molecule has 1 aromatic heterocycles. The van der Waals surface area contributed by atoms with Crippen LogP contribution in [0.25, 0.3) is 0 Å². The Morgan fingerprint density at radius 1 is 1.53 bits per heavy atom. The predicted octanol–water partition coefficient (Wildman–Crippen LogP) is 1.69. The monoisotopic (exact) mass is 236 g/mol. The van der Waals surface area contributed by atoms with Crippen LogP contribution in [0.4, 0.5) is 5.82 Å². The van der Waals surface area contributed by atoms with E-state index in [9.17, 15) is 5.11 Å². The molecule has 1 aromatic rings. The number of hydrogen-bond donors (Lipinski definition) is 1. The highest BCUT2D eigenvalue weighted by Gasteiger charge is 2.31. The Morgan fingerprint density at radius 3 is 3.06 bits per heavy atom. The lowest BCUT2D eigenvalue weighted by Gasteiger charge is -2.26. The highest BCUT2D eigenvalue weighted by Crippen LogP contribution is 2.29. The summed E-state index contributed by atoms with van der Waals surface area (Å²) in [5.41, 5.74) is 0. The minimum Gasteiger partial charge on any atom is -0.478 e. The first-order valence-corrected chi connectivity index (χ1v) is 6.23. The minimum absolute atomic E-state index is 0.180. The van der Waals surface area contributed by atoms with Crippen molar-refractivity contribution < 1.29 is 9.84 Å². The molecule has 1 N–H and O–H groups in total. The summed E-state index contributed by atoms with van der Waals surface area (Å²) in [4.78, 5) is 6.64. The number of aromatic nitrogens is 1. The van der Waals surface area contributed by atoms with Gasteiger partial charge in [-0.3, -0.25) is 0 Å². The van der Waals surface area contributed by atoms with E-state index in [1.807, 2.05) is 25.1 Å². The molecule has 0 spiro atoms. The average molecular weight is 236 g/mol. The van der Waals surface area contributed by atoms with Gasteiger partial charge in [0.1, 0.15) is 5.82 Å². The van der Waals surface area contributed by atoms with Crippen LogP contribution in [0.1, 0.15) is 20.3 Å². The first-order valence-electron chi connectivity index (χ1n) is 6.23. The maximum Gasteiger partial charge on any atom is 0.215 e. The van der Waals surface area contributed by atoms with Crippen molar-refractivity contribution in [2.45, 2.75) is 26.3 Å². The molecule has 4 nitrogen and oxygen atoms in total. The molecule has 0 saturated carbocycles. The van der Waals surface area contributed by atoms with Crippen molar-refractivity contribution in [3.05, 3.63) is 18.2 Å². The van der Waals surface area contributed by atoms with E-state index < -0.39 is 0 Å². The number of ether oxygens (including phenoxy) is 1. The topological polar surface area (TPSA) is 45.6 Å². The first kappa shape index (κ1) is 12.2. The van der Waals surface area contributed by atoms with Gasteiger partial charge in [0.25, 0.3) is 0 Å². The number of nitrogens with zero attached hydrogens (tertiary/aromatic N) is 2. The average Bonchev–Trinajstić information content (AvgIpc) is 2.71. The molecule has 1 aliphatic heterocycles. The molecule has 0 bridgehead atoms. The van der Waals surface area contributed by atoms with Gasteiger partial charge in [-0.2, -0.15) is 4.98 Å². The molecule has 17 heavy (non-hydrogen) atoms. The highest BCUT2D eigenvalue weighted by molar-refractivity contribution is 5.43. The van der Waals surface area contributed by atoms with Crippen LogP contribution in [0.2, 0.25) is 0 Å². The Balaban J connectivity index is 2.18. The van der Waals surface area contributed by atoms with Crippen molar-refractivity contribution in [1.82, 2.24) is 4.98 Å². The molecule has 2 rings (SSSR count). The third-order valence-electron chi connectivity index (χ3n) is 3.36. The molecule has 2 heterocycles. The standard InChI is InChI=1S/C13H20N2O2/c1-3-17-13-6-4-5-12(14-13)15-8-7-10(2)11(15)9-16/h4-6,10-11,16H,3,7-9H2,1-2H3. The van der Waals surface area contributed by atoms with Gasteiger partial charge in [0.05, 0.1) is 19.3 Å². The molecular weight excluding hydrogens is 216 g/mol.